The fraction of sp³-hybridized carbons (Fsp3) is 0.700. The van der Waals surface area contributed by atoms with Crippen LogP contribution < -0.4 is 5.32 Å². The van der Waals surface area contributed by atoms with Crippen molar-refractivity contribution in [3.8, 4) is 0 Å². The van der Waals surface area contributed by atoms with Crippen LogP contribution in [0.2, 0.25) is 0 Å². The number of amides is 1. The van der Waals surface area contributed by atoms with Gasteiger partial charge in [-0.15, -0.1) is 0 Å². The topological polar surface area (TPSA) is 92.7 Å². The summed E-state index contributed by atoms with van der Waals surface area (Å²) in [4.78, 5) is 33.0. The third-order valence-electron chi connectivity index (χ3n) is 2.16. The van der Waals surface area contributed by atoms with Gasteiger partial charge >= 0.3 is 5.97 Å². The first-order valence-corrected chi connectivity index (χ1v) is 5.11. The maximum absolute atomic E-state index is 12.6. The maximum Gasteiger partial charge on any atom is 0.325 e. The predicted molar refractivity (Wildman–Crippen MR) is 56.2 cm³/mol. The van der Waals surface area contributed by atoms with E-state index >= 15 is 0 Å². The molecule has 0 rings (SSSR count). The van der Waals surface area contributed by atoms with E-state index in [0.717, 1.165) is 0 Å². The molecule has 0 saturated carbocycles. The van der Waals surface area contributed by atoms with E-state index in [9.17, 15) is 23.2 Å². The molecule has 0 bridgehead atoms. The van der Waals surface area contributed by atoms with Gasteiger partial charge in [0.1, 0.15) is 12.6 Å². The zero-order valence-electron chi connectivity index (χ0n) is 9.98. The average molecular weight is 267 g/mol. The molecule has 0 aliphatic rings. The van der Waals surface area contributed by atoms with Gasteiger partial charge in [-0.1, -0.05) is 0 Å². The summed E-state index contributed by atoms with van der Waals surface area (Å²) in [5.41, 5.74) is 0. The number of Topliss-reactive ketones (excluding diaryl/α,β-unsaturated/α-hetero) is 1. The quantitative estimate of drug-likeness (QED) is 0.649. The Bertz CT molecular complexity index is 321. The Labute approximate surface area is 102 Å². The Balaban J connectivity index is 4.46. The van der Waals surface area contributed by atoms with Gasteiger partial charge in [0.2, 0.25) is 12.3 Å². The number of ether oxygens (including phenoxy) is 1. The van der Waals surface area contributed by atoms with Gasteiger partial charge in [0.25, 0.3) is 0 Å². The second-order valence-electron chi connectivity index (χ2n) is 3.67. The summed E-state index contributed by atoms with van der Waals surface area (Å²) in [7, 11) is 1.17. The van der Waals surface area contributed by atoms with Crippen LogP contribution in [0.5, 0.6) is 0 Å². The Morgan fingerprint density at radius 2 is 1.89 bits per heavy atom. The van der Waals surface area contributed by atoms with Crippen molar-refractivity contribution >= 4 is 17.7 Å². The van der Waals surface area contributed by atoms with E-state index in [1.54, 1.807) is 0 Å². The number of methoxy groups -OCH3 is 1. The first kappa shape index (κ1) is 16.4. The maximum atomic E-state index is 12.6. The third kappa shape index (κ3) is 5.67. The molecule has 104 valence electrons. The normalized spacial score (nSPS) is 14.1. The Kier molecular flexibility index (Phi) is 7.03. The van der Waals surface area contributed by atoms with Gasteiger partial charge in [-0.25, -0.2) is 8.78 Å². The number of nitrogens with one attached hydrogen (secondary N) is 1. The van der Waals surface area contributed by atoms with Gasteiger partial charge < -0.3 is 15.2 Å². The van der Waals surface area contributed by atoms with Crippen LogP contribution in [-0.2, 0) is 19.1 Å². The first-order chi connectivity index (χ1) is 8.29. The number of alkyl halides is 2. The standard InChI is InChI=1S/C10H15F2NO5/c1-5(10(16)17)13-8(15)3-6(9(11)12)7(14)4-18-2/h5-6,9H,3-4H2,1-2H3,(H,13,15)(H,16,17)/t5-,6?/m0/s1. The number of rotatable bonds is 8. The van der Waals surface area contributed by atoms with E-state index in [0.29, 0.717) is 0 Å². The molecular formula is C10H15F2NO5. The lowest BCUT2D eigenvalue weighted by molar-refractivity contribution is -0.142. The highest BCUT2D eigenvalue weighted by Gasteiger charge is 2.31. The lowest BCUT2D eigenvalue weighted by Crippen LogP contribution is -2.41. The molecule has 0 spiro atoms. The van der Waals surface area contributed by atoms with E-state index in [2.05, 4.69) is 4.74 Å². The predicted octanol–water partition coefficient (Wildman–Crippen LogP) is 0.0626. The molecule has 0 radical (unpaired) electrons. The van der Waals surface area contributed by atoms with E-state index in [1.807, 2.05) is 5.32 Å². The SMILES string of the molecule is COCC(=O)C(CC(=O)N[C@@H](C)C(=O)O)C(F)F. The van der Waals surface area contributed by atoms with Crippen LogP contribution in [0.3, 0.4) is 0 Å². The Morgan fingerprint density at radius 3 is 2.28 bits per heavy atom. The van der Waals surface area contributed by atoms with Crippen LogP contribution in [0.4, 0.5) is 8.78 Å². The zero-order chi connectivity index (χ0) is 14.3. The van der Waals surface area contributed by atoms with Crippen molar-refractivity contribution in [2.24, 2.45) is 5.92 Å². The van der Waals surface area contributed by atoms with Gasteiger partial charge in [-0.3, -0.25) is 14.4 Å². The number of hydrogen-bond acceptors (Lipinski definition) is 4. The van der Waals surface area contributed by atoms with Gasteiger partial charge in [-0.05, 0) is 6.92 Å². The van der Waals surface area contributed by atoms with Crippen molar-refractivity contribution in [2.45, 2.75) is 25.8 Å². The van der Waals surface area contributed by atoms with Gasteiger partial charge in [0, 0.05) is 13.5 Å². The highest BCUT2D eigenvalue weighted by atomic mass is 19.3. The molecule has 1 amide bonds. The molecule has 1 unspecified atom stereocenters. The summed E-state index contributed by atoms with van der Waals surface area (Å²) in [6.07, 6.45) is -3.77. The summed E-state index contributed by atoms with van der Waals surface area (Å²) in [6.45, 7) is 0.672. The summed E-state index contributed by atoms with van der Waals surface area (Å²) in [5.74, 6) is -4.89. The largest absolute Gasteiger partial charge is 0.480 e. The number of halogens is 2. The van der Waals surface area contributed by atoms with Gasteiger partial charge in [-0.2, -0.15) is 0 Å². The summed E-state index contributed by atoms with van der Waals surface area (Å²) < 4.78 is 29.5. The number of carboxylic acid groups (broad SMARTS) is 1. The summed E-state index contributed by atoms with van der Waals surface area (Å²) >= 11 is 0. The van der Waals surface area contributed by atoms with Crippen LogP contribution in [0, 0.1) is 5.92 Å². The van der Waals surface area contributed by atoms with Crippen molar-refractivity contribution < 1.29 is 33.0 Å². The minimum absolute atomic E-state index is 0.517. The van der Waals surface area contributed by atoms with E-state index in [1.165, 1.54) is 14.0 Å². The van der Waals surface area contributed by atoms with Gasteiger partial charge in [0.15, 0.2) is 5.78 Å². The van der Waals surface area contributed by atoms with Crippen molar-refractivity contribution in [2.75, 3.05) is 13.7 Å². The molecule has 0 aliphatic heterocycles. The molecule has 0 aliphatic carbocycles. The van der Waals surface area contributed by atoms with E-state index in [-0.39, 0.29) is 0 Å². The zero-order valence-corrected chi connectivity index (χ0v) is 9.98. The molecule has 2 atom stereocenters. The van der Waals surface area contributed by atoms with Crippen molar-refractivity contribution in [1.29, 1.82) is 0 Å². The molecule has 0 aromatic rings. The van der Waals surface area contributed by atoms with Crippen LogP contribution >= 0.6 is 0 Å². The van der Waals surface area contributed by atoms with Crippen LogP contribution in [0.25, 0.3) is 0 Å². The summed E-state index contributed by atoms with van der Waals surface area (Å²) in [5, 5.41) is 10.5. The highest BCUT2D eigenvalue weighted by molar-refractivity contribution is 5.89. The lowest BCUT2D eigenvalue weighted by atomic mass is 10.0. The molecule has 8 heteroatoms. The number of carbonyl (C=O) groups is 3. The number of carboxylic acids is 1. The van der Waals surface area contributed by atoms with Crippen molar-refractivity contribution in [3.05, 3.63) is 0 Å². The van der Waals surface area contributed by atoms with Gasteiger partial charge in [0.05, 0.1) is 5.92 Å². The first-order valence-electron chi connectivity index (χ1n) is 5.11. The molecule has 0 aromatic heterocycles. The number of ketones is 1. The molecule has 6 nitrogen and oxygen atoms in total. The van der Waals surface area contributed by atoms with Crippen LogP contribution in [0.1, 0.15) is 13.3 Å². The number of carbonyl (C=O) groups excluding carboxylic acids is 2. The fourth-order valence-corrected chi connectivity index (χ4v) is 1.15. The molecular weight excluding hydrogens is 252 g/mol. The summed E-state index contributed by atoms with van der Waals surface area (Å²) in [6, 6.07) is -1.20. The molecule has 0 fully saturated rings. The van der Waals surface area contributed by atoms with Crippen molar-refractivity contribution in [1.82, 2.24) is 5.32 Å². The highest BCUT2D eigenvalue weighted by Crippen LogP contribution is 2.15. The van der Waals surface area contributed by atoms with E-state index < -0.39 is 49.1 Å². The second-order valence-corrected chi connectivity index (χ2v) is 3.67. The minimum atomic E-state index is -3.00. The Morgan fingerprint density at radius 1 is 1.33 bits per heavy atom. The molecule has 18 heavy (non-hydrogen) atoms. The average Bonchev–Trinajstić information content (AvgIpc) is 2.25. The molecule has 0 heterocycles. The second kappa shape index (κ2) is 7.70. The number of hydrogen-bond donors (Lipinski definition) is 2. The molecule has 2 N–H and O–H groups in total. The smallest absolute Gasteiger partial charge is 0.325 e. The lowest BCUT2D eigenvalue weighted by Gasteiger charge is -2.15. The van der Waals surface area contributed by atoms with Crippen LogP contribution in [0.15, 0.2) is 0 Å². The fourth-order valence-electron chi connectivity index (χ4n) is 1.15. The molecule has 0 saturated heterocycles. The number of aliphatic carboxylic acids is 1. The minimum Gasteiger partial charge on any atom is -0.480 e. The van der Waals surface area contributed by atoms with Crippen LogP contribution in [-0.4, -0.2) is 49.0 Å². The third-order valence-corrected chi connectivity index (χ3v) is 2.16. The Hall–Kier alpha value is -1.57. The monoisotopic (exact) mass is 267 g/mol. The molecule has 0 aromatic carbocycles. The van der Waals surface area contributed by atoms with E-state index in [4.69, 9.17) is 5.11 Å². The van der Waals surface area contributed by atoms with Crippen molar-refractivity contribution in [3.63, 3.8) is 0 Å².